The molecule has 0 atom stereocenters. The molecule has 0 aliphatic rings. The van der Waals surface area contributed by atoms with E-state index >= 15 is 0 Å². The molecule has 5 heteroatoms. The van der Waals surface area contributed by atoms with Crippen molar-refractivity contribution < 1.29 is 17.6 Å². The summed E-state index contributed by atoms with van der Waals surface area (Å²) < 4.78 is 56.1. The summed E-state index contributed by atoms with van der Waals surface area (Å²) in [4.78, 5) is 4.45. The van der Waals surface area contributed by atoms with Gasteiger partial charge in [-0.25, -0.2) is 17.6 Å². The molecule has 0 radical (unpaired) electrons. The minimum absolute atomic E-state index is 0.326. The standard InChI is InChI=1S/C29H23F4N/c1-2-3-4-20-6-10-24(34-18-20)11-7-21-14-26(30)25(27(31)15-21)12-8-19-5-9-22-16-28(32)29(33)17-23(22)13-19/h5-6,9-10,13-18H,2-4,7,11H2,1H3. The van der Waals surface area contributed by atoms with Gasteiger partial charge < -0.3 is 0 Å². The van der Waals surface area contributed by atoms with Crippen LogP contribution in [0.1, 0.15) is 47.7 Å². The molecule has 172 valence electrons. The Morgan fingerprint density at radius 2 is 1.41 bits per heavy atom. The molecule has 0 aliphatic carbocycles. The molecule has 1 aromatic heterocycles. The summed E-state index contributed by atoms with van der Waals surface area (Å²) in [6, 6.07) is 13.5. The van der Waals surface area contributed by atoms with Crippen LogP contribution in [-0.4, -0.2) is 4.98 Å². The van der Waals surface area contributed by atoms with Crippen molar-refractivity contribution in [2.24, 2.45) is 0 Å². The van der Waals surface area contributed by atoms with Crippen molar-refractivity contribution in [1.29, 1.82) is 0 Å². The summed E-state index contributed by atoms with van der Waals surface area (Å²) in [5.74, 6) is 1.87. The molecule has 1 nitrogen and oxygen atoms in total. The number of halogens is 4. The number of unbranched alkanes of at least 4 members (excludes halogenated alkanes) is 1. The second kappa shape index (κ2) is 10.5. The molecular formula is C29H23F4N. The first-order valence-electron chi connectivity index (χ1n) is 11.3. The molecule has 4 aromatic rings. The molecule has 0 fully saturated rings. The molecule has 0 saturated carbocycles. The van der Waals surface area contributed by atoms with E-state index in [9.17, 15) is 17.6 Å². The molecule has 34 heavy (non-hydrogen) atoms. The minimum Gasteiger partial charge on any atom is -0.261 e. The molecule has 4 rings (SSSR count). The van der Waals surface area contributed by atoms with Crippen LogP contribution < -0.4 is 0 Å². The molecule has 0 aliphatic heterocycles. The maximum Gasteiger partial charge on any atom is 0.159 e. The van der Waals surface area contributed by atoms with E-state index in [0.717, 1.165) is 37.1 Å². The lowest BCUT2D eigenvalue weighted by Gasteiger charge is -2.06. The molecule has 1 heterocycles. The van der Waals surface area contributed by atoms with Crippen molar-refractivity contribution >= 4 is 10.8 Å². The maximum absolute atomic E-state index is 14.6. The van der Waals surface area contributed by atoms with E-state index in [1.165, 1.54) is 17.7 Å². The van der Waals surface area contributed by atoms with Gasteiger partial charge in [-0.05, 0) is 90.0 Å². The van der Waals surface area contributed by atoms with Crippen molar-refractivity contribution in [1.82, 2.24) is 4.98 Å². The Balaban J connectivity index is 1.47. The van der Waals surface area contributed by atoms with Gasteiger partial charge in [0.2, 0.25) is 0 Å². The number of hydrogen-bond acceptors (Lipinski definition) is 1. The first-order valence-corrected chi connectivity index (χ1v) is 11.3. The molecule has 0 unspecified atom stereocenters. The Labute approximate surface area is 196 Å². The first-order chi connectivity index (χ1) is 16.4. The second-order valence-corrected chi connectivity index (χ2v) is 8.27. The average Bonchev–Trinajstić information content (AvgIpc) is 2.82. The summed E-state index contributed by atoms with van der Waals surface area (Å²) in [6.45, 7) is 2.14. The molecule has 0 saturated heterocycles. The van der Waals surface area contributed by atoms with E-state index in [2.05, 4.69) is 29.8 Å². The van der Waals surface area contributed by atoms with E-state index < -0.39 is 23.3 Å². The highest BCUT2D eigenvalue weighted by Gasteiger charge is 2.10. The zero-order valence-electron chi connectivity index (χ0n) is 18.8. The lowest BCUT2D eigenvalue weighted by molar-refractivity contribution is 0.511. The van der Waals surface area contributed by atoms with E-state index in [4.69, 9.17) is 0 Å². The highest BCUT2D eigenvalue weighted by Crippen LogP contribution is 2.21. The molecule has 0 N–H and O–H groups in total. The van der Waals surface area contributed by atoms with Crippen LogP contribution in [-0.2, 0) is 19.3 Å². The van der Waals surface area contributed by atoms with Crippen LogP contribution >= 0.6 is 0 Å². The van der Waals surface area contributed by atoms with Crippen LogP contribution in [0.5, 0.6) is 0 Å². The fraction of sp³-hybridized carbons (Fsp3) is 0.207. The van der Waals surface area contributed by atoms with Crippen LogP contribution in [0.15, 0.2) is 60.8 Å². The van der Waals surface area contributed by atoms with Crippen LogP contribution in [0.3, 0.4) is 0 Å². The van der Waals surface area contributed by atoms with Gasteiger partial charge in [-0.15, -0.1) is 0 Å². The van der Waals surface area contributed by atoms with Gasteiger partial charge in [0.15, 0.2) is 11.6 Å². The number of pyridine rings is 1. The fourth-order valence-electron chi connectivity index (χ4n) is 3.75. The molecule has 0 bridgehead atoms. The largest absolute Gasteiger partial charge is 0.261 e. The van der Waals surface area contributed by atoms with Gasteiger partial charge in [0.1, 0.15) is 11.6 Å². The summed E-state index contributed by atoms with van der Waals surface area (Å²) in [7, 11) is 0. The zero-order valence-corrected chi connectivity index (χ0v) is 18.8. The van der Waals surface area contributed by atoms with Crippen LogP contribution in [0.4, 0.5) is 17.6 Å². The van der Waals surface area contributed by atoms with Crippen molar-refractivity contribution in [2.45, 2.75) is 39.0 Å². The Kier molecular flexibility index (Phi) is 7.27. The van der Waals surface area contributed by atoms with Gasteiger partial charge in [0.25, 0.3) is 0 Å². The number of benzene rings is 3. The summed E-state index contributed by atoms with van der Waals surface area (Å²) in [5.41, 5.74) is 2.70. The summed E-state index contributed by atoms with van der Waals surface area (Å²) in [5, 5.41) is 0.963. The highest BCUT2D eigenvalue weighted by molar-refractivity contribution is 5.84. The third kappa shape index (κ3) is 5.63. The average molecular weight is 462 g/mol. The Bertz CT molecular complexity index is 1360. The Morgan fingerprint density at radius 3 is 2.09 bits per heavy atom. The van der Waals surface area contributed by atoms with Gasteiger partial charge in [-0.3, -0.25) is 4.98 Å². The molecule has 0 spiro atoms. The monoisotopic (exact) mass is 461 g/mol. The van der Waals surface area contributed by atoms with Gasteiger partial charge in [0.05, 0.1) is 5.56 Å². The van der Waals surface area contributed by atoms with Crippen LogP contribution in [0.25, 0.3) is 10.8 Å². The number of nitrogens with zero attached hydrogens (tertiary/aromatic N) is 1. The smallest absolute Gasteiger partial charge is 0.159 e. The predicted octanol–water partition coefficient (Wildman–Crippen LogP) is 7.32. The van der Waals surface area contributed by atoms with Crippen molar-refractivity contribution in [3.63, 3.8) is 0 Å². The third-order valence-electron chi connectivity index (χ3n) is 5.69. The second-order valence-electron chi connectivity index (χ2n) is 8.27. The van der Waals surface area contributed by atoms with Gasteiger partial charge in [0, 0.05) is 17.5 Å². The van der Waals surface area contributed by atoms with Gasteiger partial charge >= 0.3 is 0 Å². The number of hydrogen-bond donors (Lipinski definition) is 0. The Hall–Kier alpha value is -3.65. The van der Waals surface area contributed by atoms with Crippen LogP contribution in [0.2, 0.25) is 0 Å². The summed E-state index contributed by atoms with van der Waals surface area (Å²) in [6.07, 6.45) is 6.14. The quantitative estimate of drug-likeness (QED) is 0.217. The minimum atomic E-state index is -0.965. The normalized spacial score (nSPS) is 10.9. The first kappa shape index (κ1) is 23.5. The van der Waals surface area contributed by atoms with Gasteiger partial charge in [-0.2, -0.15) is 0 Å². The maximum atomic E-state index is 14.6. The predicted molar refractivity (Wildman–Crippen MR) is 126 cm³/mol. The SMILES string of the molecule is CCCCc1ccc(CCc2cc(F)c(C#Cc3ccc4cc(F)c(F)cc4c3)c(F)c2)nc1. The topological polar surface area (TPSA) is 12.9 Å². The Morgan fingerprint density at radius 1 is 0.676 bits per heavy atom. The van der Waals surface area contributed by atoms with E-state index in [1.807, 2.05) is 12.3 Å². The number of aryl methyl sites for hydroxylation is 3. The third-order valence-corrected chi connectivity index (χ3v) is 5.69. The van der Waals surface area contributed by atoms with Crippen LogP contribution in [0, 0.1) is 35.1 Å². The zero-order chi connectivity index (χ0) is 24.1. The van der Waals surface area contributed by atoms with Crippen molar-refractivity contribution in [2.75, 3.05) is 0 Å². The molecule has 3 aromatic carbocycles. The lowest BCUT2D eigenvalue weighted by Crippen LogP contribution is -1.99. The van der Waals surface area contributed by atoms with E-state index in [1.54, 1.807) is 18.2 Å². The number of rotatable bonds is 6. The van der Waals surface area contributed by atoms with Crippen molar-refractivity contribution in [3.8, 4) is 11.8 Å². The van der Waals surface area contributed by atoms with E-state index in [-0.39, 0.29) is 5.56 Å². The molecular weight excluding hydrogens is 438 g/mol. The number of aromatic nitrogens is 1. The summed E-state index contributed by atoms with van der Waals surface area (Å²) >= 11 is 0. The van der Waals surface area contributed by atoms with E-state index in [0.29, 0.717) is 34.7 Å². The highest BCUT2D eigenvalue weighted by atomic mass is 19.2. The lowest BCUT2D eigenvalue weighted by atomic mass is 10.0. The fourth-order valence-corrected chi connectivity index (χ4v) is 3.75. The van der Waals surface area contributed by atoms with Crippen molar-refractivity contribution in [3.05, 3.63) is 112 Å². The number of fused-ring (bicyclic) bond motifs is 1. The molecule has 0 amide bonds. The van der Waals surface area contributed by atoms with Gasteiger partial charge in [-0.1, -0.05) is 37.3 Å².